The van der Waals surface area contributed by atoms with Gasteiger partial charge in [0.25, 0.3) is 0 Å². The van der Waals surface area contributed by atoms with E-state index in [2.05, 4.69) is 9.97 Å². The number of sulfone groups is 1. The standard InChI is InChI=1S/C10H11ClF3N3O2S/c11-9-15-7(10(12,13)14)6-8(16-9)17-2-1-4-20(18,19)5-3-17/h6H,1-5H2. The molecule has 10 heteroatoms. The lowest BCUT2D eigenvalue weighted by molar-refractivity contribution is -0.141. The Morgan fingerprint density at radius 3 is 2.55 bits per heavy atom. The molecule has 2 rings (SSSR count). The summed E-state index contributed by atoms with van der Waals surface area (Å²) in [6, 6.07) is 0.782. The van der Waals surface area contributed by atoms with Crippen molar-refractivity contribution in [2.45, 2.75) is 12.6 Å². The van der Waals surface area contributed by atoms with E-state index < -0.39 is 27.0 Å². The molecule has 0 unspecified atom stereocenters. The first-order valence-electron chi connectivity index (χ1n) is 5.74. The minimum absolute atomic E-state index is 0.00516. The van der Waals surface area contributed by atoms with Gasteiger partial charge >= 0.3 is 6.18 Å². The van der Waals surface area contributed by atoms with Crippen LogP contribution in [0, 0.1) is 0 Å². The maximum absolute atomic E-state index is 12.7. The second-order valence-electron chi connectivity index (χ2n) is 4.37. The van der Waals surface area contributed by atoms with Crippen molar-refractivity contribution in [3.05, 3.63) is 17.0 Å². The summed E-state index contributed by atoms with van der Waals surface area (Å²) in [4.78, 5) is 8.36. The number of aromatic nitrogens is 2. The van der Waals surface area contributed by atoms with Gasteiger partial charge in [-0.25, -0.2) is 18.4 Å². The van der Waals surface area contributed by atoms with Crippen LogP contribution in [0.15, 0.2) is 6.07 Å². The first-order chi connectivity index (χ1) is 9.17. The second kappa shape index (κ2) is 5.36. The highest BCUT2D eigenvalue weighted by molar-refractivity contribution is 7.91. The molecule has 0 aromatic carbocycles. The summed E-state index contributed by atoms with van der Waals surface area (Å²) in [5, 5.41) is -0.512. The molecule has 112 valence electrons. The molecule has 0 bridgehead atoms. The lowest BCUT2D eigenvalue weighted by Gasteiger charge is -2.21. The normalized spacial score (nSPS) is 19.7. The van der Waals surface area contributed by atoms with Crippen LogP contribution in [0.5, 0.6) is 0 Å². The maximum Gasteiger partial charge on any atom is 0.433 e. The smallest absolute Gasteiger partial charge is 0.355 e. The first kappa shape index (κ1) is 15.3. The van der Waals surface area contributed by atoms with Crippen LogP contribution in [-0.4, -0.2) is 43.0 Å². The minimum Gasteiger partial charge on any atom is -0.355 e. The molecule has 1 aliphatic heterocycles. The number of alkyl halides is 3. The maximum atomic E-state index is 12.7. The average molecular weight is 330 g/mol. The third kappa shape index (κ3) is 3.72. The van der Waals surface area contributed by atoms with E-state index >= 15 is 0 Å². The van der Waals surface area contributed by atoms with Crippen LogP contribution in [0.4, 0.5) is 19.0 Å². The molecule has 1 fully saturated rings. The molecule has 20 heavy (non-hydrogen) atoms. The average Bonchev–Trinajstić information content (AvgIpc) is 2.48. The molecule has 2 heterocycles. The highest BCUT2D eigenvalue weighted by Crippen LogP contribution is 2.30. The highest BCUT2D eigenvalue weighted by atomic mass is 35.5. The van der Waals surface area contributed by atoms with Crippen LogP contribution in [0.25, 0.3) is 0 Å². The predicted molar refractivity (Wildman–Crippen MR) is 67.5 cm³/mol. The Hall–Kier alpha value is -1.09. The molecule has 0 N–H and O–H groups in total. The number of anilines is 1. The van der Waals surface area contributed by atoms with Crippen LogP contribution in [0.3, 0.4) is 0 Å². The van der Waals surface area contributed by atoms with Crippen molar-refractivity contribution in [3.8, 4) is 0 Å². The summed E-state index contributed by atoms with van der Waals surface area (Å²) >= 11 is 5.50. The molecule has 5 nitrogen and oxygen atoms in total. The Bertz CT molecular complexity index is 606. The molecule has 0 spiro atoms. The monoisotopic (exact) mass is 329 g/mol. The lowest BCUT2D eigenvalue weighted by Crippen LogP contribution is -2.28. The van der Waals surface area contributed by atoms with Crippen molar-refractivity contribution in [1.29, 1.82) is 0 Å². The summed E-state index contributed by atoms with van der Waals surface area (Å²) in [5.74, 6) is -0.0980. The Morgan fingerprint density at radius 1 is 1.20 bits per heavy atom. The van der Waals surface area contributed by atoms with Gasteiger partial charge in [0.1, 0.15) is 5.82 Å². The van der Waals surface area contributed by atoms with Gasteiger partial charge in [-0.15, -0.1) is 0 Å². The van der Waals surface area contributed by atoms with Crippen molar-refractivity contribution < 1.29 is 21.6 Å². The van der Waals surface area contributed by atoms with Gasteiger partial charge in [-0.3, -0.25) is 0 Å². The third-order valence-electron chi connectivity index (χ3n) is 2.86. The summed E-state index contributed by atoms with van der Waals surface area (Å²) in [6.45, 7) is 0.400. The van der Waals surface area contributed by atoms with Crippen LogP contribution in [0.1, 0.15) is 12.1 Å². The molecule has 1 aromatic rings. The number of rotatable bonds is 1. The molecule has 0 amide bonds. The summed E-state index contributed by atoms with van der Waals surface area (Å²) in [7, 11) is -3.15. The fraction of sp³-hybridized carbons (Fsp3) is 0.600. The van der Waals surface area contributed by atoms with Gasteiger partial charge in [0.05, 0.1) is 11.5 Å². The molecule has 1 saturated heterocycles. The fourth-order valence-electron chi connectivity index (χ4n) is 1.88. The van der Waals surface area contributed by atoms with Crippen LogP contribution in [-0.2, 0) is 16.0 Å². The molecule has 1 aliphatic rings. The molecule has 0 aliphatic carbocycles. The molecular weight excluding hydrogens is 319 g/mol. The second-order valence-corrected chi connectivity index (χ2v) is 7.01. The molecular formula is C10H11ClF3N3O2S. The van der Waals surface area contributed by atoms with E-state index in [-0.39, 0.29) is 23.9 Å². The number of hydrogen-bond acceptors (Lipinski definition) is 5. The van der Waals surface area contributed by atoms with Gasteiger partial charge in [0.15, 0.2) is 15.5 Å². The van der Waals surface area contributed by atoms with Crippen molar-refractivity contribution in [1.82, 2.24) is 9.97 Å². The van der Waals surface area contributed by atoms with E-state index in [1.807, 2.05) is 0 Å². The lowest BCUT2D eigenvalue weighted by atomic mass is 10.3. The van der Waals surface area contributed by atoms with Gasteiger partial charge in [-0.05, 0) is 18.0 Å². The van der Waals surface area contributed by atoms with E-state index in [9.17, 15) is 21.6 Å². The first-order valence-corrected chi connectivity index (χ1v) is 7.94. The number of nitrogens with zero attached hydrogens (tertiary/aromatic N) is 3. The molecule has 0 atom stereocenters. The zero-order valence-corrected chi connectivity index (χ0v) is 11.8. The molecule has 1 aromatic heterocycles. The van der Waals surface area contributed by atoms with Crippen LogP contribution >= 0.6 is 11.6 Å². The fourth-order valence-corrected chi connectivity index (χ4v) is 3.33. The number of halogens is 4. The Kier molecular flexibility index (Phi) is 4.10. The minimum atomic E-state index is -4.63. The van der Waals surface area contributed by atoms with Gasteiger partial charge in [0, 0.05) is 19.2 Å². The van der Waals surface area contributed by atoms with Crippen LogP contribution in [0.2, 0.25) is 5.28 Å². The quantitative estimate of drug-likeness (QED) is 0.735. The zero-order chi connectivity index (χ0) is 15.0. The number of hydrogen-bond donors (Lipinski definition) is 0. The Labute approximate surface area is 118 Å². The van der Waals surface area contributed by atoms with E-state index in [0.29, 0.717) is 13.0 Å². The topological polar surface area (TPSA) is 63.2 Å². The molecule has 0 saturated carbocycles. The van der Waals surface area contributed by atoms with Gasteiger partial charge < -0.3 is 4.90 Å². The highest BCUT2D eigenvalue weighted by Gasteiger charge is 2.34. The third-order valence-corrected chi connectivity index (χ3v) is 4.74. The van der Waals surface area contributed by atoms with E-state index in [0.717, 1.165) is 6.07 Å². The predicted octanol–water partition coefficient (Wildman–Crippen LogP) is 1.77. The molecule has 0 radical (unpaired) electrons. The summed E-state index contributed by atoms with van der Waals surface area (Å²) in [6.07, 6.45) is -4.29. The Morgan fingerprint density at radius 2 is 1.90 bits per heavy atom. The van der Waals surface area contributed by atoms with Crippen molar-refractivity contribution in [3.63, 3.8) is 0 Å². The van der Waals surface area contributed by atoms with Gasteiger partial charge in [0.2, 0.25) is 5.28 Å². The Balaban J connectivity index is 2.31. The van der Waals surface area contributed by atoms with Crippen molar-refractivity contribution in [2.24, 2.45) is 0 Å². The largest absolute Gasteiger partial charge is 0.433 e. The summed E-state index contributed by atoms with van der Waals surface area (Å²) < 4.78 is 60.9. The van der Waals surface area contributed by atoms with E-state index in [1.54, 1.807) is 0 Å². The SMILES string of the molecule is O=S1(=O)CCCN(c2cc(C(F)(F)F)nc(Cl)n2)CC1. The zero-order valence-electron chi connectivity index (χ0n) is 10.2. The van der Waals surface area contributed by atoms with E-state index in [1.165, 1.54) is 4.90 Å². The van der Waals surface area contributed by atoms with Crippen molar-refractivity contribution >= 4 is 27.3 Å². The van der Waals surface area contributed by atoms with E-state index in [4.69, 9.17) is 11.6 Å². The van der Waals surface area contributed by atoms with Crippen LogP contribution < -0.4 is 4.90 Å². The van der Waals surface area contributed by atoms with Gasteiger partial charge in [-0.2, -0.15) is 13.2 Å². The van der Waals surface area contributed by atoms with Crippen molar-refractivity contribution in [2.75, 3.05) is 29.5 Å². The summed E-state index contributed by atoms with van der Waals surface area (Å²) in [5.41, 5.74) is -1.14. The van der Waals surface area contributed by atoms with Gasteiger partial charge in [-0.1, -0.05) is 0 Å².